The molecular weight excluding hydrogens is 466 g/mol. The zero-order valence-electron chi connectivity index (χ0n) is 21.7. The molecular formula is C30H31N3O4. The number of nitrogens with zero attached hydrogens (tertiary/aromatic N) is 3. The van der Waals surface area contributed by atoms with Gasteiger partial charge < -0.3 is 18.9 Å². The second kappa shape index (κ2) is 10.1. The molecule has 0 saturated heterocycles. The summed E-state index contributed by atoms with van der Waals surface area (Å²) in [7, 11) is 3.22. The fraction of sp³-hybridized carbons (Fsp3) is 0.300. The predicted octanol–water partition coefficient (Wildman–Crippen LogP) is 5.07. The van der Waals surface area contributed by atoms with Crippen LogP contribution in [-0.2, 0) is 13.1 Å². The van der Waals surface area contributed by atoms with Gasteiger partial charge in [0.2, 0.25) is 0 Å². The first-order chi connectivity index (χ1) is 17.9. The van der Waals surface area contributed by atoms with E-state index in [1.54, 1.807) is 25.0 Å². The van der Waals surface area contributed by atoms with Gasteiger partial charge in [-0.3, -0.25) is 14.6 Å². The van der Waals surface area contributed by atoms with Crippen molar-refractivity contribution in [1.82, 2.24) is 14.5 Å². The maximum absolute atomic E-state index is 14.4. The van der Waals surface area contributed by atoms with E-state index < -0.39 is 0 Å². The SMILES string of the molecule is COc1cc(CN2CC(C)CCn3c(c(-c4ccc(C)cc4)c4cccnc4c3=O)C2=O)cc(OC)c1. The summed E-state index contributed by atoms with van der Waals surface area (Å²) < 4.78 is 12.5. The Morgan fingerprint density at radius 3 is 2.38 bits per heavy atom. The first kappa shape index (κ1) is 24.6. The monoisotopic (exact) mass is 497 g/mol. The first-order valence-corrected chi connectivity index (χ1v) is 12.5. The molecule has 190 valence electrons. The molecule has 3 heterocycles. The average molecular weight is 498 g/mol. The Morgan fingerprint density at radius 2 is 1.70 bits per heavy atom. The lowest BCUT2D eigenvalue weighted by molar-refractivity contribution is 0.0686. The highest BCUT2D eigenvalue weighted by Crippen LogP contribution is 2.33. The average Bonchev–Trinajstić information content (AvgIpc) is 2.91. The molecule has 1 amide bonds. The summed E-state index contributed by atoms with van der Waals surface area (Å²) in [5.41, 5.74) is 4.21. The molecule has 4 aromatic rings. The molecule has 0 bridgehead atoms. The van der Waals surface area contributed by atoms with Gasteiger partial charge in [0, 0.05) is 42.8 Å². The standard InChI is InChI=1S/C30H31N3O4/c1-19-7-9-22(10-8-19)26-25-6-5-12-31-27(25)29(34)33-13-11-20(2)17-32(30(35)28(26)33)18-21-14-23(36-3)16-24(15-21)37-4/h5-10,12,14-16,20H,11,13,17-18H2,1-4H3. The van der Waals surface area contributed by atoms with Crippen LogP contribution in [0.1, 0.15) is 35.0 Å². The van der Waals surface area contributed by atoms with Crippen LogP contribution in [0.5, 0.6) is 11.5 Å². The van der Waals surface area contributed by atoms with Crippen LogP contribution < -0.4 is 15.0 Å². The number of aromatic nitrogens is 2. The van der Waals surface area contributed by atoms with Gasteiger partial charge in [0.05, 0.1) is 14.2 Å². The van der Waals surface area contributed by atoms with Crippen LogP contribution in [0.4, 0.5) is 0 Å². The van der Waals surface area contributed by atoms with Gasteiger partial charge >= 0.3 is 0 Å². The third-order valence-electron chi connectivity index (χ3n) is 7.02. The number of pyridine rings is 2. The first-order valence-electron chi connectivity index (χ1n) is 12.5. The van der Waals surface area contributed by atoms with Crippen LogP contribution in [0.3, 0.4) is 0 Å². The van der Waals surface area contributed by atoms with Crippen molar-refractivity contribution in [3.8, 4) is 22.6 Å². The van der Waals surface area contributed by atoms with E-state index >= 15 is 0 Å². The summed E-state index contributed by atoms with van der Waals surface area (Å²) in [6, 6.07) is 17.4. The molecule has 1 aliphatic heterocycles. The number of rotatable bonds is 5. The highest BCUT2D eigenvalue weighted by Gasteiger charge is 2.30. The molecule has 2 aromatic carbocycles. The van der Waals surface area contributed by atoms with Crippen LogP contribution in [0.25, 0.3) is 22.0 Å². The second-order valence-corrected chi connectivity index (χ2v) is 9.75. The molecule has 7 nitrogen and oxygen atoms in total. The van der Waals surface area contributed by atoms with E-state index in [-0.39, 0.29) is 17.4 Å². The summed E-state index contributed by atoms with van der Waals surface area (Å²) in [5.74, 6) is 1.36. The van der Waals surface area contributed by atoms with Crippen LogP contribution in [0.2, 0.25) is 0 Å². The summed E-state index contributed by atoms with van der Waals surface area (Å²) in [5, 5.41) is 0.688. The minimum atomic E-state index is -0.230. The Hall–Kier alpha value is -4.13. The van der Waals surface area contributed by atoms with E-state index in [1.807, 2.05) is 66.4 Å². The number of benzene rings is 2. The van der Waals surface area contributed by atoms with Crippen molar-refractivity contribution in [3.63, 3.8) is 0 Å². The number of hydrogen-bond acceptors (Lipinski definition) is 5. The zero-order valence-corrected chi connectivity index (χ0v) is 21.7. The number of carbonyl (C=O) groups excluding carboxylic acids is 1. The molecule has 1 aliphatic rings. The quantitative estimate of drug-likeness (QED) is 0.385. The Bertz CT molecular complexity index is 1500. The maximum atomic E-state index is 14.4. The number of amides is 1. The molecule has 0 spiro atoms. The Morgan fingerprint density at radius 1 is 1.00 bits per heavy atom. The Kier molecular flexibility index (Phi) is 6.70. The van der Waals surface area contributed by atoms with Crippen LogP contribution in [-0.4, -0.2) is 41.1 Å². The highest BCUT2D eigenvalue weighted by atomic mass is 16.5. The normalized spacial score (nSPS) is 15.7. The lowest BCUT2D eigenvalue weighted by Gasteiger charge is -2.32. The molecule has 0 aliphatic carbocycles. The van der Waals surface area contributed by atoms with Crippen molar-refractivity contribution in [2.45, 2.75) is 33.4 Å². The van der Waals surface area contributed by atoms with E-state index in [2.05, 4.69) is 11.9 Å². The third-order valence-corrected chi connectivity index (χ3v) is 7.02. The molecule has 0 saturated carbocycles. The largest absolute Gasteiger partial charge is 0.497 e. The van der Waals surface area contributed by atoms with Crippen molar-refractivity contribution >= 4 is 16.8 Å². The molecule has 5 rings (SSSR count). The smallest absolute Gasteiger partial charge is 0.277 e. The van der Waals surface area contributed by atoms with Gasteiger partial charge in [-0.25, -0.2) is 0 Å². The van der Waals surface area contributed by atoms with Gasteiger partial charge in [-0.1, -0.05) is 42.8 Å². The van der Waals surface area contributed by atoms with Gasteiger partial charge in [-0.15, -0.1) is 0 Å². The summed E-state index contributed by atoms with van der Waals surface area (Å²) in [6.45, 7) is 5.55. The van der Waals surface area contributed by atoms with Gasteiger partial charge in [0.25, 0.3) is 11.5 Å². The lowest BCUT2D eigenvalue weighted by Crippen LogP contribution is -2.41. The number of carbonyl (C=O) groups is 1. The van der Waals surface area contributed by atoms with Crippen LogP contribution in [0.15, 0.2) is 65.6 Å². The number of aryl methyl sites for hydroxylation is 1. The predicted molar refractivity (Wildman–Crippen MR) is 144 cm³/mol. The molecule has 37 heavy (non-hydrogen) atoms. The van der Waals surface area contributed by atoms with Gasteiger partial charge in [-0.05, 0) is 48.6 Å². The minimum Gasteiger partial charge on any atom is -0.497 e. The fourth-order valence-corrected chi connectivity index (χ4v) is 5.08. The van der Waals surface area contributed by atoms with Gasteiger partial charge in [-0.2, -0.15) is 0 Å². The van der Waals surface area contributed by atoms with Crippen molar-refractivity contribution in [2.75, 3.05) is 20.8 Å². The summed E-state index contributed by atoms with van der Waals surface area (Å²) >= 11 is 0. The molecule has 2 aromatic heterocycles. The van der Waals surface area contributed by atoms with Gasteiger partial charge in [0.1, 0.15) is 22.7 Å². The van der Waals surface area contributed by atoms with Crippen LogP contribution in [0, 0.1) is 12.8 Å². The van der Waals surface area contributed by atoms with Crippen LogP contribution >= 0.6 is 0 Å². The number of methoxy groups -OCH3 is 2. The molecule has 0 fully saturated rings. The molecule has 1 atom stereocenters. The van der Waals surface area contributed by atoms with Crippen molar-refractivity contribution in [2.24, 2.45) is 5.92 Å². The molecule has 0 radical (unpaired) electrons. The molecule has 7 heteroatoms. The van der Waals surface area contributed by atoms with Crippen molar-refractivity contribution in [1.29, 1.82) is 0 Å². The zero-order chi connectivity index (χ0) is 26.1. The Balaban J connectivity index is 1.72. The van der Waals surface area contributed by atoms with E-state index in [0.29, 0.717) is 47.7 Å². The summed E-state index contributed by atoms with van der Waals surface area (Å²) in [4.78, 5) is 34.3. The number of ether oxygens (including phenoxy) is 2. The van der Waals surface area contributed by atoms with E-state index in [1.165, 1.54) is 0 Å². The fourth-order valence-electron chi connectivity index (χ4n) is 5.08. The maximum Gasteiger partial charge on any atom is 0.277 e. The molecule has 0 N–H and O–H groups in total. The van der Waals surface area contributed by atoms with E-state index in [4.69, 9.17) is 9.47 Å². The molecule has 1 unspecified atom stereocenters. The van der Waals surface area contributed by atoms with E-state index in [9.17, 15) is 9.59 Å². The third kappa shape index (κ3) is 4.69. The van der Waals surface area contributed by atoms with Crippen molar-refractivity contribution in [3.05, 3.63) is 88.0 Å². The minimum absolute atomic E-state index is 0.174. The van der Waals surface area contributed by atoms with Gasteiger partial charge in [0.15, 0.2) is 0 Å². The van der Waals surface area contributed by atoms with Crippen molar-refractivity contribution < 1.29 is 14.3 Å². The summed E-state index contributed by atoms with van der Waals surface area (Å²) in [6.07, 6.45) is 2.40. The highest BCUT2D eigenvalue weighted by molar-refractivity contribution is 6.07. The number of hydrogen-bond donors (Lipinski definition) is 0. The topological polar surface area (TPSA) is 73.7 Å². The second-order valence-electron chi connectivity index (χ2n) is 9.75. The number of fused-ring (bicyclic) bond motifs is 2. The van der Waals surface area contributed by atoms with E-state index in [0.717, 1.165) is 28.7 Å². The lowest BCUT2D eigenvalue weighted by atomic mass is 9.95. The Labute approximate surface area is 216 Å².